The highest BCUT2D eigenvalue weighted by Crippen LogP contribution is 2.36. The summed E-state index contributed by atoms with van der Waals surface area (Å²) >= 11 is 5.85. The zero-order valence-corrected chi connectivity index (χ0v) is 13.7. The largest absolute Gasteiger partial charge is 0.316 e. The highest BCUT2D eigenvalue weighted by Gasteiger charge is 2.39. The maximum absolute atomic E-state index is 13.8. The van der Waals surface area contributed by atoms with Crippen LogP contribution < -0.4 is 10.0 Å². The van der Waals surface area contributed by atoms with Crippen molar-refractivity contribution >= 4 is 21.6 Å². The van der Waals surface area contributed by atoms with Crippen LogP contribution in [0.4, 0.5) is 4.39 Å². The van der Waals surface area contributed by atoms with Crippen LogP contribution in [0.1, 0.15) is 31.7 Å². The van der Waals surface area contributed by atoms with E-state index in [1.165, 1.54) is 6.07 Å². The molecule has 0 amide bonds. The van der Waals surface area contributed by atoms with Gasteiger partial charge in [0.15, 0.2) is 0 Å². The zero-order valence-electron chi connectivity index (χ0n) is 12.1. The van der Waals surface area contributed by atoms with E-state index in [0.29, 0.717) is 18.0 Å². The molecule has 1 aliphatic rings. The van der Waals surface area contributed by atoms with Gasteiger partial charge in [0.25, 0.3) is 0 Å². The Kier molecular flexibility index (Phi) is 5.24. The molecule has 7 heteroatoms. The second kappa shape index (κ2) is 6.60. The first-order valence-corrected chi connectivity index (χ1v) is 8.90. The molecule has 2 unspecified atom stereocenters. The van der Waals surface area contributed by atoms with E-state index < -0.39 is 15.8 Å². The van der Waals surface area contributed by atoms with E-state index in [1.54, 1.807) is 7.05 Å². The summed E-state index contributed by atoms with van der Waals surface area (Å²) in [7, 11) is -2.02. The molecule has 0 radical (unpaired) electrons. The molecule has 0 spiro atoms. The Balaban J connectivity index is 2.20. The zero-order chi connectivity index (χ0) is 15.6. The molecule has 1 aliphatic carbocycles. The summed E-state index contributed by atoms with van der Waals surface area (Å²) in [5.74, 6) is -0.315. The molecule has 2 N–H and O–H groups in total. The fourth-order valence-corrected chi connectivity index (χ4v) is 4.00. The van der Waals surface area contributed by atoms with Gasteiger partial charge in [0.1, 0.15) is 5.82 Å². The topological polar surface area (TPSA) is 58.2 Å². The summed E-state index contributed by atoms with van der Waals surface area (Å²) in [5.41, 5.74) is 0.431. The van der Waals surface area contributed by atoms with Gasteiger partial charge in [0, 0.05) is 12.6 Å². The molecule has 0 heterocycles. The fourth-order valence-electron chi connectivity index (χ4n) is 2.44. The molecule has 2 rings (SSSR count). The molecule has 4 nitrogen and oxygen atoms in total. The predicted octanol–water partition coefficient (Wildman–Crippen LogP) is 2.67. The molecule has 0 aliphatic heterocycles. The fraction of sp³-hybridized carbons (Fsp3) is 0.571. The number of halogens is 2. The predicted molar refractivity (Wildman–Crippen MR) is 81.3 cm³/mol. The standard InChI is InChI=1S/C14H20ClFN2O2S/c1-3-4-9-6-13(9)18-21(19,20)11-5-10(8-17-2)14(15)12(16)7-11/h5,7,9,13,17-18H,3-4,6,8H2,1-2H3. The molecule has 1 fully saturated rings. The summed E-state index contributed by atoms with van der Waals surface area (Å²) in [5, 5.41) is 2.80. The Hall–Kier alpha value is -0.690. The SMILES string of the molecule is CCCC1CC1NS(=O)(=O)c1cc(F)c(Cl)c(CNC)c1. The van der Waals surface area contributed by atoms with Crippen LogP contribution in [0, 0.1) is 11.7 Å². The first kappa shape index (κ1) is 16.7. The van der Waals surface area contributed by atoms with Crippen LogP contribution in [0.25, 0.3) is 0 Å². The molecular weight excluding hydrogens is 315 g/mol. The van der Waals surface area contributed by atoms with Gasteiger partial charge in [0.2, 0.25) is 10.0 Å². The maximum Gasteiger partial charge on any atom is 0.240 e. The Morgan fingerprint density at radius 3 is 2.76 bits per heavy atom. The molecule has 118 valence electrons. The Labute approximate surface area is 130 Å². The normalized spacial score (nSPS) is 21.5. The number of benzene rings is 1. The summed E-state index contributed by atoms with van der Waals surface area (Å²) < 4.78 is 41.1. The molecule has 0 saturated heterocycles. The minimum Gasteiger partial charge on any atom is -0.316 e. The molecule has 1 aromatic carbocycles. The van der Waals surface area contributed by atoms with Gasteiger partial charge in [-0.3, -0.25) is 0 Å². The van der Waals surface area contributed by atoms with Gasteiger partial charge in [-0.25, -0.2) is 17.5 Å². The van der Waals surface area contributed by atoms with E-state index in [9.17, 15) is 12.8 Å². The van der Waals surface area contributed by atoms with Crippen molar-refractivity contribution in [3.63, 3.8) is 0 Å². The maximum atomic E-state index is 13.8. The summed E-state index contributed by atoms with van der Waals surface area (Å²) in [4.78, 5) is -0.0724. The van der Waals surface area contributed by atoms with Crippen molar-refractivity contribution in [3.05, 3.63) is 28.5 Å². The van der Waals surface area contributed by atoms with Gasteiger partial charge in [-0.1, -0.05) is 24.9 Å². The van der Waals surface area contributed by atoms with Crippen molar-refractivity contribution < 1.29 is 12.8 Å². The van der Waals surface area contributed by atoms with E-state index in [-0.39, 0.29) is 16.0 Å². The van der Waals surface area contributed by atoms with E-state index in [2.05, 4.69) is 17.0 Å². The second-order valence-corrected chi connectivity index (χ2v) is 7.51. The first-order valence-electron chi connectivity index (χ1n) is 7.04. The monoisotopic (exact) mass is 334 g/mol. The van der Waals surface area contributed by atoms with Crippen LogP contribution in [0.5, 0.6) is 0 Å². The van der Waals surface area contributed by atoms with Crippen molar-refractivity contribution in [1.82, 2.24) is 10.0 Å². The van der Waals surface area contributed by atoms with Crippen molar-refractivity contribution in [2.75, 3.05) is 7.05 Å². The molecule has 1 saturated carbocycles. The second-order valence-electron chi connectivity index (χ2n) is 5.42. The van der Waals surface area contributed by atoms with Crippen molar-refractivity contribution in [2.45, 2.75) is 43.7 Å². The minimum atomic E-state index is -3.70. The first-order chi connectivity index (χ1) is 9.89. The quantitative estimate of drug-likeness (QED) is 0.806. The summed E-state index contributed by atoms with van der Waals surface area (Å²) in [6.45, 7) is 2.38. The Morgan fingerprint density at radius 2 is 2.14 bits per heavy atom. The smallest absolute Gasteiger partial charge is 0.240 e. The minimum absolute atomic E-state index is 0.0264. The third kappa shape index (κ3) is 3.94. The van der Waals surface area contributed by atoms with Gasteiger partial charge in [-0.05, 0) is 43.5 Å². The van der Waals surface area contributed by atoms with Crippen LogP contribution in [0.2, 0.25) is 5.02 Å². The van der Waals surface area contributed by atoms with Crippen LogP contribution in [0.15, 0.2) is 17.0 Å². The number of hydrogen-bond acceptors (Lipinski definition) is 3. The van der Waals surface area contributed by atoms with Gasteiger partial charge in [0.05, 0.1) is 9.92 Å². The average molecular weight is 335 g/mol. The number of hydrogen-bond donors (Lipinski definition) is 2. The van der Waals surface area contributed by atoms with E-state index in [1.807, 2.05) is 0 Å². The Morgan fingerprint density at radius 1 is 1.43 bits per heavy atom. The van der Waals surface area contributed by atoms with E-state index in [4.69, 9.17) is 11.6 Å². The van der Waals surface area contributed by atoms with Crippen molar-refractivity contribution in [2.24, 2.45) is 5.92 Å². The highest BCUT2D eigenvalue weighted by atomic mass is 35.5. The lowest BCUT2D eigenvalue weighted by Gasteiger charge is -2.10. The molecule has 2 atom stereocenters. The van der Waals surface area contributed by atoms with Crippen molar-refractivity contribution in [1.29, 1.82) is 0 Å². The summed E-state index contributed by atoms with van der Waals surface area (Å²) in [6.07, 6.45) is 2.89. The molecular formula is C14H20ClFN2O2S. The van der Waals surface area contributed by atoms with Crippen molar-refractivity contribution in [3.8, 4) is 0 Å². The van der Waals surface area contributed by atoms with Gasteiger partial charge in [-0.2, -0.15) is 0 Å². The lowest BCUT2D eigenvalue weighted by atomic mass is 10.2. The molecule has 0 bridgehead atoms. The molecule has 21 heavy (non-hydrogen) atoms. The van der Waals surface area contributed by atoms with Crippen LogP contribution >= 0.6 is 11.6 Å². The molecule has 1 aromatic rings. The van der Waals surface area contributed by atoms with Gasteiger partial charge < -0.3 is 5.32 Å². The third-order valence-corrected chi connectivity index (χ3v) is 5.54. The van der Waals surface area contributed by atoms with Gasteiger partial charge >= 0.3 is 0 Å². The Bertz CT molecular complexity index is 622. The highest BCUT2D eigenvalue weighted by molar-refractivity contribution is 7.89. The van der Waals surface area contributed by atoms with E-state index in [0.717, 1.165) is 25.3 Å². The summed E-state index contributed by atoms with van der Waals surface area (Å²) in [6, 6.07) is 2.36. The number of rotatable bonds is 7. The molecule has 0 aromatic heterocycles. The van der Waals surface area contributed by atoms with Gasteiger partial charge in [-0.15, -0.1) is 0 Å². The van der Waals surface area contributed by atoms with E-state index >= 15 is 0 Å². The number of sulfonamides is 1. The van der Waals surface area contributed by atoms with Crippen LogP contribution in [-0.4, -0.2) is 21.5 Å². The number of nitrogens with one attached hydrogen (secondary N) is 2. The lowest BCUT2D eigenvalue weighted by Crippen LogP contribution is -2.27. The average Bonchev–Trinajstić information content (AvgIpc) is 3.12. The third-order valence-electron chi connectivity index (χ3n) is 3.64. The van der Waals surface area contributed by atoms with Crippen LogP contribution in [0.3, 0.4) is 0 Å². The van der Waals surface area contributed by atoms with Crippen LogP contribution in [-0.2, 0) is 16.6 Å². The lowest BCUT2D eigenvalue weighted by molar-refractivity contribution is 0.569.